The molecule has 0 radical (unpaired) electrons. The largest absolute Gasteiger partial charge is 0.202 e. The van der Waals surface area contributed by atoms with Crippen LogP contribution in [0.2, 0.25) is 0 Å². The molecule has 1 heterocycles. The number of nitrogens with zero attached hydrogens (tertiary/aromatic N) is 1. The molecule has 0 bridgehead atoms. The van der Waals surface area contributed by atoms with Gasteiger partial charge in [-0.1, -0.05) is 32.8 Å². The van der Waals surface area contributed by atoms with Gasteiger partial charge in [0.15, 0.2) is 11.9 Å². The minimum Gasteiger partial charge on any atom is -0.202 e. The number of rotatable bonds is 7. The molecule has 84 valence electrons. The summed E-state index contributed by atoms with van der Waals surface area (Å²) < 4.78 is 2.42. The summed E-state index contributed by atoms with van der Waals surface area (Å²) in [5.41, 5.74) is 1.48. The van der Waals surface area contributed by atoms with E-state index in [1.807, 2.05) is 0 Å². The van der Waals surface area contributed by atoms with E-state index < -0.39 is 0 Å². The summed E-state index contributed by atoms with van der Waals surface area (Å²) in [5.74, 6) is 0. The third-order valence-corrected chi connectivity index (χ3v) is 2.79. The van der Waals surface area contributed by atoms with Gasteiger partial charge in [0.2, 0.25) is 0 Å². The normalized spacial score (nSPS) is 10.5. The minimum atomic E-state index is 1.19. The van der Waals surface area contributed by atoms with Crippen LogP contribution in [0.5, 0.6) is 0 Å². The van der Waals surface area contributed by atoms with Crippen molar-refractivity contribution in [2.75, 3.05) is 0 Å². The third kappa shape index (κ3) is 4.46. The van der Waals surface area contributed by atoms with E-state index in [4.69, 9.17) is 0 Å². The first-order valence-corrected chi connectivity index (χ1v) is 6.35. The van der Waals surface area contributed by atoms with Crippen molar-refractivity contribution in [3.05, 3.63) is 30.1 Å². The molecule has 1 aromatic rings. The summed E-state index contributed by atoms with van der Waals surface area (Å²) in [6.07, 6.45) is 10.0. The molecule has 1 aromatic heterocycles. The smallest absolute Gasteiger partial charge is 0.181 e. The van der Waals surface area contributed by atoms with Crippen molar-refractivity contribution >= 4 is 0 Å². The Bertz CT molecular complexity index is 268. The lowest BCUT2D eigenvalue weighted by Crippen LogP contribution is -2.37. The zero-order valence-corrected chi connectivity index (χ0v) is 10.2. The Kier molecular flexibility index (Phi) is 6.06. The highest BCUT2D eigenvalue weighted by Gasteiger charge is 2.06. The minimum absolute atomic E-state index is 1.19. The Morgan fingerprint density at radius 2 is 1.87 bits per heavy atom. The summed E-state index contributed by atoms with van der Waals surface area (Å²) in [6.45, 7) is 5.70. The Morgan fingerprint density at radius 1 is 1.00 bits per heavy atom. The van der Waals surface area contributed by atoms with Crippen molar-refractivity contribution in [3.8, 4) is 0 Å². The molecule has 0 unspecified atom stereocenters. The fourth-order valence-electron chi connectivity index (χ4n) is 1.92. The van der Waals surface area contributed by atoms with E-state index in [-0.39, 0.29) is 0 Å². The lowest BCUT2D eigenvalue weighted by molar-refractivity contribution is -0.704. The number of hydrogen-bond donors (Lipinski definition) is 0. The second-order valence-corrected chi connectivity index (χ2v) is 4.20. The maximum atomic E-state index is 2.42. The Morgan fingerprint density at radius 3 is 2.60 bits per heavy atom. The number of unbranched alkanes of at least 4 members (excludes halogenated alkanes) is 3. The van der Waals surface area contributed by atoms with Gasteiger partial charge in [-0.3, -0.25) is 0 Å². The van der Waals surface area contributed by atoms with Crippen molar-refractivity contribution in [2.24, 2.45) is 0 Å². The average Bonchev–Trinajstić information content (AvgIpc) is 2.27. The second-order valence-electron chi connectivity index (χ2n) is 4.20. The van der Waals surface area contributed by atoms with Crippen LogP contribution >= 0.6 is 0 Å². The fourth-order valence-corrected chi connectivity index (χ4v) is 1.92. The Labute approximate surface area is 94.1 Å². The maximum Gasteiger partial charge on any atom is 0.181 e. The van der Waals surface area contributed by atoms with Gasteiger partial charge in [-0.15, -0.1) is 0 Å². The molecule has 0 aromatic carbocycles. The highest BCUT2D eigenvalue weighted by molar-refractivity contribution is 4.97. The second kappa shape index (κ2) is 7.44. The van der Waals surface area contributed by atoms with E-state index in [1.165, 1.54) is 50.8 Å². The van der Waals surface area contributed by atoms with Crippen LogP contribution in [-0.4, -0.2) is 0 Å². The molecule has 1 rings (SSSR count). The SMILES string of the molecule is CCCCCC[n+]1ccccc1CCC. The van der Waals surface area contributed by atoms with Crippen molar-refractivity contribution in [2.45, 2.75) is 58.9 Å². The van der Waals surface area contributed by atoms with Gasteiger partial charge in [-0.05, 0) is 12.8 Å². The summed E-state index contributed by atoms with van der Waals surface area (Å²) in [5, 5.41) is 0. The summed E-state index contributed by atoms with van der Waals surface area (Å²) in [6, 6.07) is 6.54. The predicted molar refractivity (Wildman–Crippen MR) is 64.8 cm³/mol. The monoisotopic (exact) mass is 206 g/mol. The zero-order chi connectivity index (χ0) is 10.9. The lowest BCUT2D eigenvalue weighted by Gasteiger charge is -2.02. The standard InChI is InChI=1S/C14H24N/c1-3-5-6-8-12-15-13-9-7-11-14(15)10-4-2/h7,9,11,13H,3-6,8,10,12H2,1-2H3/q+1. The van der Waals surface area contributed by atoms with Gasteiger partial charge >= 0.3 is 0 Å². The first-order chi connectivity index (χ1) is 7.38. The fraction of sp³-hybridized carbons (Fsp3) is 0.643. The van der Waals surface area contributed by atoms with Crippen LogP contribution in [0.1, 0.15) is 51.6 Å². The van der Waals surface area contributed by atoms with E-state index in [1.54, 1.807) is 0 Å². The Balaban J connectivity index is 2.44. The van der Waals surface area contributed by atoms with E-state index >= 15 is 0 Å². The quantitative estimate of drug-likeness (QED) is 0.475. The summed E-state index contributed by atoms with van der Waals surface area (Å²) in [4.78, 5) is 0. The van der Waals surface area contributed by atoms with E-state index in [9.17, 15) is 0 Å². The Hall–Kier alpha value is -0.850. The number of pyridine rings is 1. The molecule has 0 saturated carbocycles. The van der Waals surface area contributed by atoms with Crippen LogP contribution in [-0.2, 0) is 13.0 Å². The first kappa shape index (κ1) is 12.2. The highest BCUT2D eigenvalue weighted by atomic mass is 14.9. The van der Waals surface area contributed by atoms with Crippen LogP contribution in [0.4, 0.5) is 0 Å². The van der Waals surface area contributed by atoms with Gasteiger partial charge in [0.05, 0.1) is 0 Å². The average molecular weight is 206 g/mol. The van der Waals surface area contributed by atoms with Gasteiger partial charge in [0, 0.05) is 25.0 Å². The van der Waals surface area contributed by atoms with Gasteiger partial charge in [-0.25, -0.2) is 4.57 Å². The van der Waals surface area contributed by atoms with Crippen molar-refractivity contribution < 1.29 is 4.57 Å². The number of aromatic nitrogens is 1. The van der Waals surface area contributed by atoms with Crippen LogP contribution in [0, 0.1) is 0 Å². The summed E-state index contributed by atoms with van der Waals surface area (Å²) in [7, 11) is 0. The molecule has 0 saturated heterocycles. The van der Waals surface area contributed by atoms with Gasteiger partial charge < -0.3 is 0 Å². The molecule has 15 heavy (non-hydrogen) atoms. The van der Waals surface area contributed by atoms with E-state index in [2.05, 4.69) is 42.8 Å². The van der Waals surface area contributed by atoms with Crippen LogP contribution in [0.15, 0.2) is 24.4 Å². The van der Waals surface area contributed by atoms with Gasteiger partial charge in [0.1, 0.15) is 6.54 Å². The van der Waals surface area contributed by atoms with Crippen LogP contribution in [0.25, 0.3) is 0 Å². The van der Waals surface area contributed by atoms with E-state index in [0.717, 1.165) is 0 Å². The van der Waals surface area contributed by atoms with Crippen LogP contribution in [0.3, 0.4) is 0 Å². The molecule has 0 amide bonds. The third-order valence-electron chi connectivity index (χ3n) is 2.79. The van der Waals surface area contributed by atoms with Crippen molar-refractivity contribution in [3.63, 3.8) is 0 Å². The van der Waals surface area contributed by atoms with Gasteiger partial charge in [0.25, 0.3) is 0 Å². The lowest BCUT2D eigenvalue weighted by atomic mass is 10.2. The highest BCUT2D eigenvalue weighted by Crippen LogP contribution is 2.01. The van der Waals surface area contributed by atoms with Crippen LogP contribution < -0.4 is 4.57 Å². The zero-order valence-electron chi connectivity index (χ0n) is 10.2. The molecule has 1 nitrogen and oxygen atoms in total. The topological polar surface area (TPSA) is 3.88 Å². The molecule has 0 spiro atoms. The maximum absolute atomic E-state index is 2.42. The summed E-state index contributed by atoms with van der Waals surface area (Å²) >= 11 is 0. The number of aryl methyl sites for hydroxylation is 2. The molecule has 1 heteroatoms. The van der Waals surface area contributed by atoms with Gasteiger partial charge in [-0.2, -0.15) is 0 Å². The molecule has 0 atom stereocenters. The first-order valence-electron chi connectivity index (χ1n) is 6.35. The predicted octanol–water partition coefficient (Wildman–Crippen LogP) is 3.51. The molecular weight excluding hydrogens is 182 g/mol. The van der Waals surface area contributed by atoms with Crippen molar-refractivity contribution in [1.82, 2.24) is 0 Å². The van der Waals surface area contributed by atoms with Crippen molar-refractivity contribution in [1.29, 1.82) is 0 Å². The molecule has 0 fully saturated rings. The molecule has 0 aliphatic heterocycles. The molecule has 0 aliphatic rings. The molecular formula is C14H24N+. The molecule has 0 N–H and O–H groups in total. The molecule has 0 aliphatic carbocycles. The van der Waals surface area contributed by atoms with E-state index in [0.29, 0.717) is 0 Å². The number of hydrogen-bond acceptors (Lipinski definition) is 0.